The van der Waals surface area contributed by atoms with Crippen LogP contribution in [0.1, 0.15) is 47.8 Å². The number of thiazole rings is 1. The Kier molecular flexibility index (Phi) is 7.00. The Balaban J connectivity index is 1.42. The maximum absolute atomic E-state index is 12.2. The highest BCUT2D eigenvalue weighted by Crippen LogP contribution is 2.21. The van der Waals surface area contributed by atoms with Crippen molar-refractivity contribution in [3.8, 4) is 0 Å². The van der Waals surface area contributed by atoms with Crippen LogP contribution in [0.4, 0.5) is 5.13 Å². The summed E-state index contributed by atoms with van der Waals surface area (Å²) in [4.78, 5) is 30.7. The molecule has 8 heteroatoms. The minimum absolute atomic E-state index is 0.232. The molecule has 2 heterocycles. The number of anilines is 1. The van der Waals surface area contributed by atoms with Gasteiger partial charge in [-0.2, -0.15) is 0 Å². The summed E-state index contributed by atoms with van der Waals surface area (Å²) in [5.74, 6) is -0.155. The molecule has 7 nitrogen and oxygen atoms in total. The van der Waals surface area contributed by atoms with Crippen LogP contribution in [0.2, 0.25) is 0 Å². The predicted octanol–water partition coefficient (Wildman–Crippen LogP) is 2.50. The quantitative estimate of drug-likeness (QED) is 0.726. The van der Waals surface area contributed by atoms with E-state index >= 15 is 0 Å². The molecular weight excluding hydrogens is 376 g/mol. The fourth-order valence-corrected chi connectivity index (χ4v) is 3.71. The third kappa shape index (κ3) is 5.53. The van der Waals surface area contributed by atoms with Gasteiger partial charge in [0.15, 0.2) is 5.13 Å². The largest absolute Gasteiger partial charge is 0.378 e. The van der Waals surface area contributed by atoms with E-state index in [9.17, 15) is 9.59 Å². The first kappa shape index (κ1) is 20.3. The number of rotatable bonds is 6. The number of morpholine rings is 1. The van der Waals surface area contributed by atoms with Gasteiger partial charge in [-0.05, 0) is 23.5 Å². The van der Waals surface area contributed by atoms with E-state index in [-0.39, 0.29) is 5.91 Å². The van der Waals surface area contributed by atoms with E-state index in [1.54, 1.807) is 5.38 Å². The van der Waals surface area contributed by atoms with Gasteiger partial charge in [-0.15, -0.1) is 11.3 Å². The minimum atomic E-state index is -0.412. The zero-order valence-electron chi connectivity index (χ0n) is 16.2. The Hall–Kier alpha value is -2.45. The molecule has 1 aromatic heterocycles. The summed E-state index contributed by atoms with van der Waals surface area (Å²) in [6.45, 7) is 7.16. The van der Waals surface area contributed by atoms with E-state index in [0.29, 0.717) is 37.7 Å². The molecule has 1 aromatic carbocycles. The normalized spacial score (nSPS) is 14.2. The van der Waals surface area contributed by atoms with Crippen LogP contribution in [0.3, 0.4) is 0 Å². The Morgan fingerprint density at radius 2 is 1.89 bits per heavy atom. The van der Waals surface area contributed by atoms with Crippen molar-refractivity contribution in [1.29, 1.82) is 0 Å². The maximum atomic E-state index is 12.2. The van der Waals surface area contributed by atoms with E-state index < -0.39 is 5.91 Å². The molecule has 2 aromatic rings. The third-order valence-electron chi connectivity index (χ3n) is 4.61. The summed E-state index contributed by atoms with van der Waals surface area (Å²) in [6, 6.07) is 8.27. The van der Waals surface area contributed by atoms with Crippen LogP contribution in [0.15, 0.2) is 29.6 Å². The molecule has 1 fully saturated rings. The summed E-state index contributed by atoms with van der Waals surface area (Å²) in [7, 11) is 0. The number of aromatic nitrogens is 1. The van der Waals surface area contributed by atoms with Crippen LogP contribution in [0.5, 0.6) is 0 Å². The lowest BCUT2D eigenvalue weighted by Gasteiger charge is -2.25. The van der Waals surface area contributed by atoms with E-state index in [0.717, 1.165) is 23.8 Å². The van der Waals surface area contributed by atoms with Crippen molar-refractivity contribution in [2.45, 2.75) is 32.6 Å². The number of benzene rings is 1. The van der Waals surface area contributed by atoms with Crippen LogP contribution in [0, 0.1) is 0 Å². The number of nitrogens with zero attached hydrogens (tertiary/aromatic N) is 2. The molecule has 28 heavy (non-hydrogen) atoms. The highest BCUT2D eigenvalue weighted by Gasteiger charge is 2.17. The highest BCUT2D eigenvalue weighted by atomic mass is 32.1. The second-order valence-corrected chi connectivity index (χ2v) is 7.85. The van der Waals surface area contributed by atoms with Gasteiger partial charge in [0.25, 0.3) is 5.91 Å². The Labute approximate surface area is 169 Å². The van der Waals surface area contributed by atoms with Gasteiger partial charge in [-0.3, -0.25) is 20.4 Å². The molecule has 2 amide bonds. The smallest absolute Gasteiger partial charge is 0.289 e. The highest BCUT2D eigenvalue weighted by molar-refractivity contribution is 7.13. The maximum Gasteiger partial charge on any atom is 0.289 e. The van der Waals surface area contributed by atoms with Crippen molar-refractivity contribution < 1.29 is 14.3 Å². The van der Waals surface area contributed by atoms with Gasteiger partial charge in [-0.25, -0.2) is 4.98 Å². The molecule has 1 saturated heterocycles. The van der Waals surface area contributed by atoms with Crippen LogP contribution in [0.25, 0.3) is 0 Å². The van der Waals surface area contributed by atoms with Gasteiger partial charge in [0.2, 0.25) is 5.91 Å². The standard InChI is InChI=1S/C20H26N4O3S/c1-14(2)16-6-3-15(4-7-16)5-8-18(25)22-23-19(26)17-13-28-20(21-17)24-9-11-27-12-10-24/h3-4,6-7,13-14H,5,8-12H2,1-2H3,(H,22,25)(H,23,26). The number of nitrogens with one attached hydrogen (secondary N) is 2. The molecule has 0 spiro atoms. The van der Waals surface area contributed by atoms with Crippen LogP contribution in [-0.4, -0.2) is 43.1 Å². The van der Waals surface area contributed by atoms with Crippen LogP contribution in [-0.2, 0) is 16.0 Å². The van der Waals surface area contributed by atoms with E-state index in [4.69, 9.17) is 4.74 Å². The molecule has 1 aliphatic rings. The third-order valence-corrected chi connectivity index (χ3v) is 5.51. The van der Waals surface area contributed by atoms with Gasteiger partial charge >= 0.3 is 0 Å². The van der Waals surface area contributed by atoms with Crippen molar-refractivity contribution in [2.75, 3.05) is 31.2 Å². The summed E-state index contributed by atoms with van der Waals surface area (Å²) < 4.78 is 5.32. The first-order valence-corrected chi connectivity index (χ1v) is 10.4. The first-order chi connectivity index (χ1) is 13.5. The second-order valence-electron chi connectivity index (χ2n) is 7.01. The van der Waals surface area contributed by atoms with Crippen molar-refractivity contribution in [2.24, 2.45) is 0 Å². The van der Waals surface area contributed by atoms with Gasteiger partial charge in [-0.1, -0.05) is 38.1 Å². The molecule has 0 aliphatic carbocycles. The molecule has 150 valence electrons. The summed E-state index contributed by atoms with van der Waals surface area (Å²) >= 11 is 1.41. The van der Waals surface area contributed by atoms with Crippen LogP contribution >= 0.6 is 11.3 Å². The lowest BCUT2D eigenvalue weighted by Crippen LogP contribution is -2.42. The number of hydrogen-bond donors (Lipinski definition) is 2. The lowest BCUT2D eigenvalue weighted by atomic mass is 10.0. The molecular formula is C20H26N4O3S. The Morgan fingerprint density at radius 3 is 2.57 bits per heavy atom. The summed E-state index contributed by atoms with van der Waals surface area (Å²) in [5.41, 5.74) is 7.58. The average molecular weight is 403 g/mol. The van der Waals surface area contributed by atoms with Gasteiger partial charge in [0, 0.05) is 24.9 Å². The average Bonchev–Trinajstić information content (AvgIpc) is 3.22. The minimum Gasteiger partial charge on any atom is -0.378 e. The Morgan fingerprint density at radius 1 is 1.18 bits per heavy atom. The molecule has 0 saturated carbocycles. The SMILES string of the molecule is CC(C)c1ccc(CCC(=O)NNC(=O)c2csc(N3CCOCC3)n2)cc1. The number of hydrazine groups is 1. The fraction of sp³-hybridized carbons (Fsp3) is 0.450. The summed E-state index contributed by atoms with van der Waals surface area (Å²) in [6.07, 6.45) is 0.926. The number of carbonyl (C=O) groups excluding carboxylic acids is 2. The molecule has 0 unspecified atom stereocenters. The topological polar surface area (TPSA) is 83.6 Å². The second kappa shape index (κ2) is 9.66. The molecule has 0 radical (unpaired) electrons. The zero-order chi connectivity index (χ0) is 19.9. The van der Waals surface area contributed by atoms with E-state index in [1.165, 1.54) is 16.9 Å². The molecule has 0 atom stereocenters. The monoisotopic (exact) mass is 402 g/mol. The first-order valence-electron chi connectivity index (χ1n) is 9.49. The number of aryl methyl sites for hydroxylation is 1. The van der Waals surface area contributed by atoms with Crippen molar-refractivity contribution in [1.82, 2.24) is 15.8 Å². The lowest BCUT2D eigenvalue weighted by molar-refractivity contribution is -0.121. The number of carbonyl (C=O) groups is 2. The van der Waals surface area contributed by atoms with Gasteiger partial charge in [0.1, 0.15) is 5.69 Å². The van der Waals surface area contributed by atoms with Crippen LogP contribution < -0.4 is 15.8 Å². The van der Waals surface area contributed by atoms with E-state index in [1.807, 2.05) is 12.1 Å². The molecule has 1 aliphatic heterocycles. The summed E-state index contributed by atoms with van der Waals surface area (Å²) in [5, 5.41) is 2.49. The number of hydrogen-bond acceptors (Lipinski definition) is 6. The number of amides is 2. The zero-order valence-corrected chi connectivity index (χ0v) is 17.1. The van der Waals surface area contributed by atoms with E-state index in [2.05, 4.69) is 46.7 Å². The van der Waals surface area contributed by atoms with Gasteiger partial charge in [0.05, 0.1) is 13.2 Å². The predicted molar refractivity (Wildman–Crippen MR) is 110 cm³/mol. The van der Waals surface area contributed by atoms with Crippen molar-refractivity contribution in [3.05, 3.63) is 46.5 Å². The van der Waals surface area contributed by atoms with Crippen molar-refractivity contribution >= 4 is 28.3 Å². The van der Waals surface area contributed by atoms with Crippen molar-refractivity contribution in [3.63, 3.8) is 0 Å². The fourth-order valence-electron chi connectivity index (χ4n) is 2.85. The number of ether oxygens (including phenoxy) is 1. The van der Waals surface area contributed by atoms with Gasteiger partial charge < -0.3 is 9.64 Å². The molecule has 3 rings (SSSR count). The Bertz CT molecular complexity index is 798. The molecule has 2 N–H and O–H groups in total. The molecule has 0 bridgehead atoms.